The molecule has 3 rings (SSSR count). The minimum absolute atomic E-state index is 0.200. The second kappa shape index (κ2) is 9.69. The van der Waals surface area contributed by atoms with Crippen LogP contribution in [0.1, 0.15) is 44.0 Å². The summed E-state index contributed by atoms with van der Waals surface area (Å²) in [4.78, 5) is 30.5. The number of piperazine rings is 1. The maximum atomic E-state index is 12.2. The fourth-order valence-electron chi connectivity index (χ4n) is 4.10. The van der Waals surface area contributed by atoms with Gasteiger partial charge in [-0.1, -0.05) is 0 Å². The maximum Gasteiger partial charge on any atom is 0.410 e. The SMILES string of the molecule is COC(=O)c1ccc(N2CCC(CN3CCN(C(=O)OC(C)(C)C)CC3)CC2)cc1. The molecule has 0 aromatic heterocycles. The predicted molar refractivity (Wildman–Crippen MR) is 117 cm³/mol. The lowest BCUT2D eigenvalue weighted by atomic mass is 9.95. The van der Waals surface area contributed by atoms with Crippen molar-refractivity contribution in [1.29, 1.82) is 0 Å². The highest BCUT2D eigenvalue weighted by molar-refractivity contribution is 5.89. The summed E-state index contributed by atoms with van der Waals surface area (Å²) in [6.07, 6.45) is 2.12. The van der Waals surface area contributed by atoms with Crippen molar-refractivity contribution in [3.05, 3.63) is 29.8 Å². The normalized spacial score (nSPS) is 18.9. The zero-order valence-corrected chi connectivity index (χ0v) is 18.7. The van der Waals surface area contributed by atoms with Gasteiger partial charge in [-0.15, -0.1) is 0 Å². The molecule has 166 valence electrons. The van der Waals surface area contributed by atoms with Crippen LogP contribution in [-0.2, 0) is 9.47 Å². The summed E-state index contributed by atoms with van der Waals surface area (Å²) < 4.78 is 10.2. The largest absolute Gasteiger partial charge is 0.465 e. The van der Waals surface area contributed by atoms with Crippen LogP contribution in [0.25, 0.3) is 0 Å². The number of piperidine rings is 1. The van der Waals surface area contributed by atoms with E-state index in [-0.39, 0.29) is 12.1 Å². The summed E-state index contributed by atoms with van der Waals surface area (Å²) in [7, 11) is 1.40. The molecule has 7 nitrogen and oxygen atoms in total. The van der Waals surface area contributed by atoms with Crippen molar-refractivity contribution >= 4 is 17.7 Å². The molecule has 0 unspecified atom stereocenters. The second-order valence-electron chi connectivity index (χ2n) is 9.24. The number of anilines is 1. The van der Waals surface area contributed by atoms with Gasteiger partial charge in [-0.2, -0.15) is 0 Å². The molecule has 0 bridgehead atoms. The van der Waals surface area contributed by atoms with Gasteiger partial charge in [-0.05, 0) is 63.8 Å². The van der Waals surface area contributed by atoms with Gasteiger partial charge in [0.25, 0.3) is 0 Å². The number of amides is 1. The summed E-state index contributed by atoms with van der Waals surface area (Å²) in [5.74, 6) is 0.385. The van der Waals surface area contributed by atoms with Gasteiger partial charge in [0, 0.05) is 51.5 Å². The topological polar surface area (TPSA) is 62.3 Å². The molecule has 2 heterocycles. The molecule has 0 radical (unpaired) electrons. The number of hydrogen-bond donors (Lipinski definition) is 0. The van der Waals surface area contributed by atoms with Crippen molar-refractivity contribution < 1.29 is 19.1 Å². The van der Waals surface area contributed by atoms with Crippen LogP contribution >= 0.6 is 0 Å². The van der Waals surface area contributed by atoms with E-state index in [0.717, 1.165) is 64.3 Å². The lowest BCUT2D eigenvalue weighted by Gasteiger charge is -2.39. The van der Waals surface area contributed by atoms with Gasteiger partial charge in [0.05, 0.1) is 12.7 Å². The third-order valence-corrected chi connectivity index (χ3v) is 5.81. The fourth-order valence-corrected chi connectivity index (χ4v) is 4.10. The van der Waals surface area contributed by atoms with Crippen LogP contribution in [0, 0.1) is 5.92 Å². The first-order valence-electron chi connectivity index (χ1n) is 10.9. The molecule has 0 spiro atoms. The summed E-state index contributed by atoms with van der Waals surface area (Å²) in [5.41, 5.74) is 1.30. The Morgan fingerprint density at radius 3 is 2.10 bits per heavy atom. The van der Waals surface area contributed by atoms with Crippen LogP contribution in [0.15, 0.2) is 24.3 Å². The number of ether oxygens (including phenoxy) is 2. The first kappa shape index (κ1) is 22.4. The van der Waals surface area contributed by atoms with Crippen molar-refractivity contribution in [2.45, 2.75) is 39.2 Å². The first-order valence-corrected chi connectivity index (χ1v) is 10.9. The van der Waals surface area contributed by atoms with Crippen LogP contribution in [0.5, 0.6) is 0 Å². The zero-order valence-electron chi connectivity index (χ0n) is 18.7. The van der Waals surface area contributed by atoms with E-state index in [1.165, 1.54) is 7.11 Å². The second-order valence-corrected chi connectivity index (χ2v) is 9.24. The van der Waals surface area contributed by atoms with Crippen LogP contribution in [0.2, 0.25) is 0 Å². The van der Waals surface area contributed by atoms with Crippen molar-refractivity contribution in [3.63, 3.8) is 0 Å². The van der Waals surface area contributed by atoms with E-state index in [1.807, 2.05) is 49.9 Å². The summed E-state index contributed by atoms with van der Waals surface area (Å²) in [5, 5.41) is 0. The van der Waals surface area contributed by atoms with E-state index in [9.17, 15) is 9.59 Å². The van der Waals surface area contributed by atoms with Crippen LogP contribution < -0.4 is 4.90 Å². The highest BCUT2D eigenvalue weighted by Crippen LogP contribution is 2.25. The Balaban J connectivity index is 1.40. The van der Waals surface area contributed by atoms with E-state index in [4.69, 9.17) is 9.47 Å². The Labute approximate surface area is 179 Å². The van der Waals surface area contributed by atoms with Crippen LogP contribution in [-0.4, -0.2) is 80.4 Å². The minimum atomic E-state index is -0.443. The number of esters is 1. The molecule has 30 heavy (non-hydrogen) atoms. The van der Waals surface area contributed by atoms with E-state index < -0.39 is 5.60 Å². The van der Waals surface area contributed by atoms with Gasteiger partial charge >= 0.3 is 12.1 Å². The molecule has 1 aromatic carbocycles. The summed E-state index contributed by atoms with van der Waals surface area (Å²) >= 11 is 0. The number of carbonyl (C=O) groups excluding carboxylic acids is 2. The van der Waals surface area contributed by atoms with Crippen LogP contribution in [0.3, 0.4) is 0 Å². The Kier molecular flexibility index (Phi) is 7.23. The lowest BCUT2D eigenvalue weighted by molar-refractivity contribution is 0.0130. The Morgan fingerprint density at radius 2 is 1.57 bits per heavy atom. The van der Waals surface area contributed by atoms with Crippen molar-refractivity contribution in [2.24, 2.45) is 5.92 Å². The van der Waals surface area contributed by atoms with E-state index in [2.05, 4.69) is 9.80 Å². The van der Waals surface area contributed by atoms with Crippen molar-refractivity contribution in [3.8, 4) is 0 Å². The molecule has 0 N–H and O–H groups in total. The van der Waals surface area contributed by atoms with E-state index in [1.54, 1.807) is 0 Å². The van der Waals surface area contributed by atoms with Gasteiger partial charge in [0.1, 0.15) is 5.60 Å². The van der Waals surface area contributed by atoms with Crippen molar-refractivity contribution in [2.75, 3.05) is 57.8 Å². The molecule has 7 heteroatoms. The molecule has 0 atom stereocenters. The third kappa shape index (κ3) is 6.11. The predicted octanol–water partition coefficient (Wildman–Crippen LogP) is 3.24. The van der Waals surface area contributed by atoms with Crippen molar-refractivity contribution in [1.82, 2.24) is 9.80 Å². The molecular weight excluding hydrogens is 382 g/mol. The number of rotatable bonds is 4. The Bertz CT molecular complexity index is 713. The molecule has 2 aliphatic rings. The molecule has 2 saturated heterocycles. The Hall–Kier alpha value is -2.28. The minimum Gasteiger partial charge on any atom is -0.465 e. The highest BCUT2D eigenvalue weighted by atomic mass is 16.6. The van der Waals surface area contributed by atoms with Gasteiger partial charge < -0.3 is 19.3 Å². The molecular formula is C23H35N3O4. The van der Waals surface area contributed by atoms with Gasteiger partial charge in [0.2, 0.25) is 0 Å². The maximum absolute atomic E-state index is 12.2. The molecule has 2 fully saturated rings. The average molecular weight is 418 g/mol. The number of hydrogen-bond acceptors (Lipinski definition) is 6. The molecule has 1 aromatic rings. The van der Waals surface area contributed by atoms with Gasteiger partial charge in [-0.3, -0.25) is 4.90 Å². The fraction of sp³-hybridized carbons (Fsp3) is 0.652. The number of carbonyl (C=O) groups is 2. The van der Waals surface area contributed by atoms with Crippen LogP contribution in [0.4, 0.5) is 10.5 Å². The quantitative estimate of drug-likeness (QED) is 0.701. The zero-order chi connectivity index (χ0) is 21.7. The molecule has 0 saturated carbocycles. The number of nitrogens with zero attached hydrogens (tertiary/aromatic N) is 3. The van der Waals surface area contributed by atoms with E-state index in [0.29, 0.717) is 11.5 Å². The number of methoxy groups -OCH3 is 1. The van der Waals surface area contributed by atoms with E-state index >= 15 is 0 Å². The van der Waals surface area contributed by atoms with Gasteiger partial charge in [0.15, 0.2) is 0 Å². The van der Waals surface area contributed by atoms with Gasteiger partial charge in [-0.25, -0.2) is 9.59 Å². The summed E-state index contributed by atoms with van der Waals surface area (Å²) in [6.45, 7) is 12.2. The lowest BCUT2D eigenvalue weighted by Crippen LogP contribution is -2.51. The third-order valence-electron chi connectivity index (χ3n) is 5.81. The molecule has 0 aliphatic carbocycles. The molecule has 1 amide bonds. The highest BCUT2D eigenvalue weighted by Gasteiger charge is 2.28. The Morgan fingerprint density at radius 1 is 0.967 bits per heavy atom. The summed E-state index contributed by atoms with van der Waals surface area (Å²) in [6, 6.07) is 7.67. The number of benzene rings is 1. The molecule has 2 aliphatic heterocycles. The first-order chi connectivity index (χ1) is 14.2. The monoisotopic (exact) mass is 417 g/mol. The smallest absolute Gasteiger partial charge is 0.410 e. The average Bonchev–Trinajstić information content (AvgIpc) is 2.73. The standard InChI is InChI=1S/C23H35N3O4/c1-23(2,3)30-22(28)26-15-13-24(14-16-26)17-18-9-11-25(12-10-18)20-7-5-19(6-8-20)21(27)29-4/h5-8,18H,9-17H2,1-4H3.